The second-order valence-electron chi connectivity index (χ2n) is 10.7. The van der Waals surface area contributed by atoms with Crippen LogP contribution in [0.1, 0.15) is 45.0 Å². The van der Waals surface area contributed by atoms with Gasteiger partial charge in [0, 0.05) is 26.2 Å². The Bertz CT molecular complexity index is 995. The summed E-state index contributed by atoms with van der Waals surface area (Å²) >= 11 is 1.76. The van der Waals surface area contributed by atoms with E-state index in [2.05, 4.69) is 54.1 Å². The minimum absolute atomic E-state index is 0.0287. The molecule has 1 aromatic carbocycles. The molecule has 2 atom stereocenters. The van der Waals surface area contributed by atoms with Crippen LogP contribution in [0.25, 0.3) is 10.2 Å². The molecule has 2 aliphatic heterocycles. The fraction of sp³-hybridized carbons (Fsp3) is 0.625. The van der Waals surface area contributed by atoms with Gasteiger partial charge in [0.25, 0.3) is 5.91 Å². The summed E-state index contributed by atoms with van der Waals surface area (Å²) in [5.74, 6) is 0.396. The Labute approximate surface area is 193 Å². The minimum Gasteiger partial charge on any atom is -0.323 e. The van der Waals surface area contributed by atoms with Crippen LogP contribution in [0, 0.1) is 11.3 Å². The summed E-state index contributed by atoms with van der Waals surface area (Å²) in [5, 5.41) is 4.24. The van der Waals surface area contributed by atoms with Crippen molar-refractivity contribution >= 4 is 33.5 Å². The van der Waals surface area contributed by atoms with Crippen molar-refractivity contribution in [2.75, 3.05) is 32.8 Å². The zero-order valence-electron chi connectivity index (χ0n) is 19.3. The first-order chi connectivity index (χ1) is 15.2. The van der Waals surface area contributed by atoms with Crippen LogP contribution in [0.2, 0.25) is 0 Å². The molecule has 1 saturated carbocycles. The van der Waals surface area contributed by atoms with Crippen molar-refractivity contribution in [2.45, 2.75) is 52.1 Å². The third-order valence-electron chi connectivity index (χ3n) is 7.13. The Kier molecular flexibility index (Phi) is 5.50. The second-order valence-corrected chi connectivity index (χ2v) is 11.8. The van der Waals surface area contributed by atoms with Crippen LogP contribution < -0.4 is 5.32 Å². The van der Waals surface area contributed by atoms with Gasteiger partial charge in [-0.1, -0.05) is 32.9 Å². The quantitative estimate of drug-likeness (QED) is 0.715. The number of benzene rings is 1. The lowest BCUT2D eigenvalue weighted by atomic mass is 9.64. The molecule has 172 valence electrons. The molecule has 3 aliphatic rings. The molecular formula is C24H33N5O2S. The fourth-order valence-electron chi connectivity index (χ4n) is 6.10. The largest absolute Gasteiger partial charge is 0.326 e. The Hall–Kier alpha value is -2.03. The fourth-order valence-corrected chi connectivity index (χ4v) is 7.11. The number of rotatable bonds is 4. The monoisotopic (exact) mass is 455 g/mol. The normalized spacial score (nSPS) is 29.2. The van der Waals surface area contributed by atoms with Crippen molar-refractivity contribution in [3.05, 3.63) is 29.3 Å². The van der Waals surface area contributed by atoms with Gasteiger partial charge in [0.15, 0.2) is 0 Å². The van der Waals surface area contributed by atoms with Gasteiger partial charge in [0.2, 0.25) is 0 Å². The first-order valence-corrected chi connectivity index (χ1v) is 12.5. The summed E-state index contributed by atoms with van der Waals surface area (Å²) in [5.41, 5.74) is 0.411. The zero-order chi connectivity index (χ0) is 22.5. The molecule has 32 heavy (non-hydrogen) atoms. The van der Waals surface area contributed by atoms with Gasteiger partial charge in [-0.25, -0.2) is 14.7 Å². The molecule has 8 heteroatoms. The number of carbonyl (C=O) groups excluding carboxylic acids is 2. The van der Waals surface area contributed by atoms with Crippen molar-refractivity contribution in [1.82, 2.24) is 25.0 Å². The number of nitrogens with one attached hydrogen (secondary N) is 1. The van der Waals surface area contributed by atoms with Crippen molar-refractivity contribution < 1.29 is 9.59 Å². The molecule has 1 aliphatic carbocycles. The summed E-state index contributed by atoms with van der Waals surface area (Å²) in [7, 11) is 0. The highest BCUT2D eigenvalue weighted by atomic mass is 32.1. The Morgan fingerprint density at radius 3 is 2.53 bits per heavy atom. The molecule has 0 unspecified atom stereocenters. The van der Waals surface area contributed by atoms with Crippen LogP contribution in [0.15, 0.2) is 24.3 Å². The first-order valence-electron chi connectivity index (χ1n) is 11.7. The number of hydrogen-bond acceptors (Lipinski definition) is 6. The summed E-state index contributed by atoms with van der Waals surface area (Å²) in [6.45, 7) is 11.4. The zero-order valence-corrected chi connectivity index (χ0v) is 20.1. The van der Waals surface area contributed by atoms with E-state index in [4.69, 9.17) is 4.98 Å². The summed E-state index contributed by atoms with van der Waals surface area (Å²) in [4.78, 5) is 37.0. The van der Waals surface area contributed by atoms with Gasteiger partial charge < -0.3 is 5.32 Å². The molecule has 3 heterocycles. The second kappa shape index (κ2) is 8.08. The average molecular weight is 456 g/mol. The highest BCUT2D eigenvalue weighted by Gasteiger charge is 2.56. The highest BCUT2D eigenvalue weighted by molar-refractivity contribution is 7.18. The molecule has 5 rings (SSSR count). The maximum atomic E-state index is 13.4. The van der Waals surface area contributed by atoms with Crippen LogP contribution in [-0.4, -0.2) is 70.0 Å². The van der Waals surface area contributed by atoms with Crippen LogP contribution in [-0.2, 0) is 11.3 Å². The maximum Gasteiger partial charge on any atom is 0.326 e. The van der Waals surface area contributed by atoms with Crippen molar-refractivity contribution in [2.24, 2.45) is 11.3 Å². The topological polar surface area (TPSA) is 68.8 Å². The number of aromatic nitrogens is 1. The van der Waals surface area contributed by atoms with E-state index in [-0.39, 0.29) is 17.4 Å². The van der Waals surface area contributed by atoms with Gasteiger partial charge in [-0.05, 0) is 42.7 Å². The van der Waals surface area contributed by atoms with E-state index < -0.39 is 5.54 Å². The molecule has 2 saturated heterocycles. The summed E-state index contributed by atoms with van der Waals surface area (Å²) in [6, 6.07) is 8.04. The lowest BCUT2D eigenvalue weighted by molar-refractivity contribution is -0.136. The van der Waals surface area contributed by atoms with Crippen LogP contribution in [0.4, 0.5) is 4.79 Å². The van der Waals surface area contributed by atoms with Crippen LogP contribution >= 0.6 is 11.3 Å². The van der Waals surface area contributed by atoms with E-state index in [1.54, 1.807) is 11.3 Å². The number of piperazine rings is 1. The Morgan fingerprint density at radius 2 is 1.81 bits per heavy atom. The molecule has 1 aromatic heterocycles. The SMILES string of the molecule is C[C@H]1CC(C)(C)C[C@]2(C1)NC(=O)N(CN1CCN(Cc3nc4ccccc4s3)CC1)C2=O. The van der Waals surface area contributed by atoms with Crippen LogP contribution in [0.5, 0.6) is 0 Å². The van der Waals surface area contributed by atoms with Gasteiger partial charge in [-0.3, -0.25) is 14.6 Å². The molecule has 3 fully saturated rings. The van der Waals surface area contributed by atoms with Crippen LogP contribution in [0.3, 0.4) is 0 Å². The highest BCUT2D eigenvalue weighted by Crippen LogP contribution is 2.46. The van der Waals surface area contributed by atoms with Gasteiger partial charge >= 0.3 is 6.03 Å². The standard InChI is InChI=1S/C24H33N5O2S/c1-17-12-23(2,3)15-24(13-17)21(30)29(22(31)26-24)16-28-10-8-27(9-11-28)14-20-25-18-6-4-5-7-19(18)32-20/h4-7,17H,8-16H2,1-3H3,(H,26,31)/t17-,24-/m0/s1. The first kappa shape index (κ1) is 21.8. The minimum atomic E-state index is -0.715. The van der Waals surface area contributed by atoms with Crippen molar-refractivity contribution in [3.8, 4) is 0 Å². The Morgan fingerprint density at radius 1 is 1.09 bits per heavy atom. The maximum absolute atomic E-state index is 13.4. The predicted molar refractivity (Wildman–Crippen MR) is 126 cm³/mol. The number of hydrogen-bond donors (Lipinski definition) is 1. The molecule has 3 amide bonds. The number of nitrogens with zero attached hydrogens (tertiary/aromatic N) is 4. The predicted octanol–water partition coefficient (Wildman–Crippen LogP) is 3.51. The number of amides is 3. The lowest BCUT2D eigenvalue weighted by Gasteiger charge is -2.44. The van der Waals surface area contributed by atoms with E-state index in [9.17, 15) is 9.59 Å². The smallest absolute Gasteiger partial charge is 0.323 e. The number of para-hydroxylation sites is 1. The Balaban J connectivity index is 1.18. The van der Waals surface area contributed by atoms with E-state index in [1.165, 1.54) is 9.60 Å². The van der Waals surface area contributed by atoms with Gasteiger partial charge in [-0.2, -0.15) is 0 Å². The average Bonchev–Trinajstić information content (AvgIpc) is 3.21. The number of thiazole rings is 1. The number of urea groups is 1. The molecule has 1 N–H and O–H groups in total. The third kappa shape index (κ3) is 4.16. The molecule has 0 bridgehead atoms. The summed E-state index contributed by atoms with van der Waals surface area (Å²) in [6.07, 6.45) is 2.56. The van der Waals surface area contributed by atoms with E-state index in [0.717, 1.165) is 62.5 Å². The molecule has 1 spiro atoms. The molecule has 7 nitrogen and oxygen atoms in total. The van der Waals surface area contributed by atoms with Gasteiger partial charge in [0.05, 0.1) is 23.4 Å². The van der Waals surface area contributed by atoms with E-state index in [1.807, 2.05) is 6.07 Å². The van der Waals surface area contributed by atoms with Gasteiger partial charge in [0.1, 0.15) is 10.5 Å². The van der Waals surface area contributed by atoms with E-state index in [0.29, 0.717) is 12.6 Å². The molecule has 2 aromatic rings. The molecular weight excluding hydrogens is 422 g/mol. The number of carbonyl (C=O) groups is 2. The summed E-state index contributed by atoms with van der Waals surface area (Å²) < 4.78 is 1.23. The number of fused-ring (bicyclic) bond motifs is 1. The third-order valence-corrected chi connectivity index (χ3v) is 8.15. The van der Waals surface area contributed by atoms with E-state index >= 15 is 0 Å². The van der Waals surface area contributed by atoms with Crippen molar-refractivity contribution in [3.63, 3.8) is 0 Å². The van der Waals surface area contributed by atoms with Crippen molar-refractivity contribution in [1.29, 1.82) is 0 Å². The lowest BCUT2D eigenvalue weighted by Crippen LogP contribution is -2.55. The number of imide groups is 1. The van der Waals surface area contributed by atoms with Gasteiger partial charge in [-0.15, -0.1) is 11.3 Å². The molecule has 0 radical (unpaired) electrons.